The van der Waals surface area contributed by atoms with Crippen LogP contribution in [0.25, 0.3) is 0 Å². The molecule has 15 heavy (non-hydrogen) atoms. The van der Waals surface area contributed by atoms with Crippen molar-refractivity contribution in [2.75, 3.05) is 19.6 Å². The average molecular weight is 213 g/mol. The Kier molecular flexibility index (Phi) is 4.54. The summed E-state index contributed by atoms with van der Waals surface area (Å²) in [4.78, 5) is 13.7. The lowest BCUT2D eigenvalue weighted by molar-refractivity contribution is -0.122. The van der Waals surface area contributed by atoms with Crippen molar-refractivity contribution >= 4 is 5.91 Å². The van der Waals surface area contributed by atoms with Crippen molar-refractivity contribution in [3.63, 3.8) is 0 Å². The van der Waals surface area contributed by atoms with Gasteiger partial charge in [-0.15, -0.1) is 0 Å². The number of nitrogens with two attached hydrogens (primary N) is 1. The fourth-order valence-corrected chi connectivity index (χ4v) is 1.90. The van der Waals surface area contributed by atoms with E-state index in [-0.39, 0.29) is 5.91 Å². The zero-order chi connectivity index (χ0) is 11.4. The Bertz CT molecular complexity index is 216. The van der Waals surface area contributed by atoms with Crippen LogP contribution >= 0.6 is 0 Å². The Hall–Kier alpha value is -0.610. The van der Waals surface area contributed by atoms with Gasteiger partial charge in [-0.05, 0) is 39.7 Å². The molecule has 0 aromatic carbocycles. The average Bonchev–Trinajstić information content (AvgIpc) is 2.62. The first kappa shape index (κ1) is 12.5. The van der Waals surface area contributed by atoms with Gasteiger partial charge in [-0.3, -0.25) is 4.79 Å². The van der Waals surface area contributed by atoms with Gasteiger partial charge >= 0.3 is 0 Å². The molecule has 3 N–H and O–H groups in total. The predicted octanol–water partition coefficient (Wildman–Crippen LogP) is 0.180. The van der Waals surface area contributed by atoms with E-state index in [2.05, 4.69) is 24.1 Å². The summed E-state index contributed by atoms with van der Waals surface area (Å²) in [5, 5.41) is 2.89. The van der Waals surface area contributed by atoms with Crippen LogP contribution in [0, 0.1) is 5.92 Å². The van der Waals surface area contributed by atoms with E-state index in [0.717, 1.165) is 19.6 Å². The van der Waals surface area contributed by atoms with Crippen LogP contribution in [-0.2, 0) is 4.79 Å². The van der Waals surface area contributed by atoms with Gasteiger partial charge in [0, 0.05) is 19.1 Å². The predicted molar refractivity (Wildman–Crippen MR) is 61.5 cm³/mol. The number of amides is 1. The van der Waals surface area contributed by atoms with E-state index in [1.807, 2.05) is 0 Å². The maximum atomic E-state index is 11.3. The largest absolute Gasteiger partial charge is 0.354 e. The lowest BCUT2D eigenvalue weighted by Gasteiger charge is -2.20. The third kappa shape index (κ3) is 3.80. The molecule has 0 aromatic heterocycles. The molecule has 0 aliphatic carbocycles. The molecule has 0 saturated carbocycles. The van der Waals surface area contributed by atoms with E-state index in [9.17, 15) is 4.79 Å². The number of carbonyl (C=O) groups is 1. The molecular formula is C11H23N3O. The van der Waals surface area contributed by atoms with Gasteiger partial charge in [-0.1, -0.05) is 0 Å². The highest BCUT2D eigenvalue weighted by molar-refractivity contribution is 5.80. The summed E-state index contributed by atoms with van der Waals surface area (Å²) in [7, 11) is 0. The van der Waals surface area contributed by atoms with Crippen LogP contribution in [0.1, 0.15) is 27.2 Å². The van der Waals surface area contributed by atoms with Crippen molar-refractivity contribution < 1.29 is 4.79 Å². The van der Waals surface area contributed by atoms with Crippen molar-refractivity contribution in [2.45, 2.75) is 39.3 Å². The quantitative estimate of drug-likeness (QED) is 0.700. The SMILES string of the molecule is CC(C)N1CCC(CNC(=O)[C@H](C)N)C1. The number of hydrogen-bond acceptors (Lipinski definition) is 3. The van der Waals surface area contributed by atoms with Crippen LogP contribution in [0.4, 0.5) is 0 Å². The fraction of sp³-hybridized carbons (Fsp3) is 0.909. The molecule has 1 amide bonds. The number of nitrogens with one attached hydrogen (secondary N) is 1. The van der Waals surface area contributed by atoms with Gasteiger partial charge < -0.3 is 16.0 Å². The standard InChI is InChI=1S/C11H23N3O/c1-8(2)14-5-4-10(7-14)6-13-11(15)9(3)12/h8-10H,4-7,12H2,1-3H3,(H,13,15)/t9-,10?/m0/s1. The maximum Gasteiger partial charge on any atom is 0.236 e. The molecule has 1 saturated heterocycles. The minimum Gasteiger partial charge on any atom is -0.354 e. The van der Waals surface area contributed by atoms with Gasteiger partial charge in [0.05, 0.1) is 6.04 Å². The molecule has 0 radical (unpaired) electrons. The smallest absolute Gasteiger partial charge is 0.236 e. The van der Waals surface area contributed by atoms with Crippen molar-refractivity contribution in [2.24, 2.45) is 11.7 Å². The molecule has 1 aliphatic heterocycles. The minimum atomic E-state index is -0.396. The van der Waals surface area contributed by atoms with Crippen LogP contribution in [0.2, 0.25) is 0 Å². The van der Waals surface area contributed by atoms with Crippen molar-refractivity contribution in [3.8, 4) is 0 Å². The monoisotopic (exact) mass is 213 g/mol. The highest BCUT2D eigenvalue weighted by Crippen LogP contribution is 2.17. The number of likely N-dealkylation sites (tertiary alicyclic amines) is 1. The van der Waals surface area contributed by atoms with Gasteiger partial charge in [0.15, 0.2) is 0 Å². The van der Waals surface area contributed by atoms with Gasteiger partial charge in [-0.25, -0.2) is 0 Å². The minimum absolute atomic E-state index is 0.0435. The molecule has 4 heteroatoms. The number of hydrogen-bond donors (Lipinski definition) is 2. The maximum absolute atomic E-state index is 11.3. The van der Waals surface area contributed by atoms with Gasteiger partial charge in [0.2, 0.25) is 5.91 Å². The van der Waals surface area contributed by atoms with Crippen molar-refractivity contribution in [1.82, 2.24) is 10.2 Å². The number of rotatable bonds is 4. The van der Waals surface area contributed by atoms with Crippen molar-refractivity contribution in [3.05, 3.63) is 0 Å². The van der Waals surface area contributed by atoms with E-state index in [0.29, 0.717) is 12.0 Å². The van der Waals surface area contributed by atoms with Gasteiger partial charge in [-0.2, -0.15) is 0 Å². The third-order valence-electron chi connectivity index (χ3n) is 3.03. The molecule has 1 heterocycles. The number of nitrogens with zero attached hydrogens (tertiary/aromatic N) is 1. The van der Waals surface area contributed by atoms with E-state index in [1.165, 1.54) is 6.42 Å². The van der Waals surface area contributed by atoms with Crippen LogP contribution in [0.3, 0.4) is 0 Å². The Morgan fingerprint density at radius 1 is 1.53 bits per heavy atom. The van der Waals surface area contributed by atoms with Crippen LogP contribution in [0.5, 0.6) is 0 Å². The zero-order valence-electron chi connectivity index (χ0n) is 9.99. The van der Waals surface area contributed by atoms with E-state index in [1.54, 1.807) is 6.92 Å². The molecule has 4 nitrogen and oxygen atoms in total. The molecule has 0 spiro atoms. The summed E-state index contributed by atoms with van der Waals surface area (Å²) in [5.41, 5.74) is 5.47. The zero-order valence-corrected chi connectivity index (χ0v) is 9.99. The van der Waals surface area contributed by atoms with Gasteiger partial charge in [0.25, 0.3) is 0 Å². The normalized spacial score (nSPS) is 24.5. The Morgan fingerprint density at radius 2 is 2.20 bits per heavy atom. The van der Waals surface area contributed by atoms with Crippen LogP contribution in [0.15, 0.2) is 0 Å². The summed E-state index contributed by atoms with van der Waals surface area (Å²) in [6.45, 7) is 9.15. The lowest BCUT2D eigenvalue weighted by Crippen LogP contribution is -2.41. The summed E-state index contributed by atoms with van der Waals surface area (Å²) < 4.78 is 0. The molecule has 1 aliphatic rings. The van der Waals surface area contributed by atoms with E-state index < -0.39 is 6.04 Å². The van der Waals surface area contributed by atoms with Gasteiger partial charge in [0.1, 0.15) is 0 Å². The molecular weight excluding hydrogens is 190 g/mol. The molecule has 88 valence electrons. The van der Waals surface area contributed by atoms with E-state index >= 15 is 0 Å². The van der Waals surface area contributed by atoms with E-state index in [4.69, 9.17) is 5.73 Å². The second-order valence-corrected chi connectivity index (χ2v) is 4.78. The molecule has 1 rings (SSSR count). The Morgan fingerprint density at radius 3 is 2.67 bits per heavy atom. The Labute approximate surface area is 92.2 Å². The first-order valence-corrected chi connectivity index (χ1v) is 5.78. The molecule has 1 unspecified atom stereocenters. The highest BCUT2D eigenvalue weighted by atomic mass is 16.2. The third-order valence-corrected chi connectivity index (χ3v) is 3.03. The summed E-state index contributed by atoms with van der Waals surface area (Å²) in [5.74, 6) is 0.549. The van der Waals surface area contributed by atoms with Crippen LogP contribution < -0.4 is 11.1 Å². The van der Waals surface area contributed by atoms with Crippen LogP contribution in [-0.4, -0.2) is 42.5 Å². The molecule has 0 bridgehead atoms. The topological polar surface area (TPSA) is 58.4 Å². The highest BCUT2D eigenvalue weighted by Gasteiger charge is 2.24. The summed E-state index contributed by atoms with van der Waals surface area (Å²) >= 11 is 0. The molecule has 1 fully saturated rings. The lowest BCUT2D eigenvalue weighted by atomic mass is 10.1. The summed E-state index contributed by atoms with van der Waals surface area (Å²) in [6, 6.07) is 0.215. The first-order valence-electron chi connectivity index (χ1n) is 5.78. The molecule has 0 aromatic rings. The van der Waals surface area contributed by atoms with Crippen molar-refractivity contribution in [1.29, 1.82) is 0 Å². The number of carbonyl (C=O) groups excluding carboxylic acids is 1. The molecule has 2 atom stereocenters. The fourth-order valence-electron chi connectivity index (χ4n) is 1.90. The second kappa shape index (κ2) is 5.47. The summed E-state index contributed by atoms with van der Waals surface area (Å²) in [6.07, 6.45) is 1.18. The second-order valence-electron chi connectivity index (χ2n) is 4.78. The Balaban J connectivity index is 2.22. The first-order chi connectivity index (χ1) is 7.00.